The molecule has 0 saturated carbocycles. The van der Waals surface area contributed by atoms with Crippen LogP contribution in [0.3, 0.4) is 0 Å². The second-order valence-corrected chi connectivity index (χ2v) is 5.53. The fourth-order valence-electron chi connectivity index (χ4n) is 2.57. The van der Waals surface area contributed by atoms with E-state index in [1.807, 2.05) is 10.3 Å². The van der Waals surface area contributed by atoms with E-state index in [0.29, 0.717) is 23.6 Å². The number of hydrogen-bond donors (Lipinski definition) is 1. The van der Waals surface area contributed by atoms with Gasteiger partial charge in [-0.3, -0.25) is 4.79 Å². The first-order chi connectivity index (χ1) is 8.11. The Labute approximate surface area is 106 Å². The van der Waals surface area contributed by atoms with Gasteiger partial charge in [0.15, 0.2) is 5.13 Å². The Balaban J connectivity index is 2.04. The first-order valence-electron chi connectivity index (χ1n) is 6.12. The van der Waals surface area contributed by atoms with Crippen molar-refractivity contribution in [3.8, 4) is 0 Å². The minimum absolute atomic E-state index is 0.187. The third-order valence-corrected chi connectivity index (χ3v) is 4.17. The molecule has 0 bridgehead atoms. The summed E-state index contributed by atoms with van der Waals surface area (Å²) < 4.78 is 0. The lowest BCUT2D eigenvalue weighted by Gasteiger charge is -2.27. The fourth-order valence-corrected chi connectivity index (χ4v) is 3.13. The molecule has 0 aliphatic carbocycles. The molecule has 0 spiro atoms. The average molecular weight is 253 g/mol. The normalized spacial score (nSPS) is 24.2. The van der Waals surface area contributed by atoms with Crippen LogP contribution in [0, 0.1) is 0 Å². The minimum Gasteiger partial charge on any atom is -0.375 e. The number of likely N-dealkylation sites (tertiary alicyclic amines) is 1. The number of anilines is 1. The van der Waals surface area contributed by atoms with Gasteiger partial charge in [0.05, 0.1) is 12.1 Å². The van der Waals surface area contributed by atoms with Crippen LogP contribution < -0.4 is 5.73 Å². The van der Waals surface area contributed by atoms with Gasteiger partial charge in [-0.2, -0.15) is 0 Å². The number of rotatable bonds is 3. The molecule has 1 aliphatic rings. The summed E-state index contributed by atoms with van der Waals surface area (Å²) in [6, 6.07) is 0.775. The van der Waals surface area contributed by atoms with Crippen LogP contribution in [0.4, 0.5) is 5.13 Å². The first-order valence-corrected chi connectivity index (χ1v) is 7.00. The Hall–Kier alpha value is -1.10. The molecule has 2 rings (SSSR count). The summed E-state index contributed by atoms with van der Waals surface area (Å²) in [7, 11) is 0. The second-order valence-electron chi connectivity index (χ2n) is 4.64. The van der Waals surface area contributed by atoms with Gasteiger partial charge in [-0.15, -0.1) is 11.3 Å². The van der Waals surface area contributed by atoms with Crippen molar-refractivity contribution >= 4 is 22.4 Å². The number of aromatic nitrogens is 1. The van der Waals surface area contributed by atoms with Crippen LogP contribution in [-0.4, -0.2) is 27.9 Å². The van der Waals surface area contributed by atoms with Crippen LogP contribution in [0.25, 0.3) is 0 Å². The highest BCUT2D eigenvalue weighted by Crippen LogP contribution is 2.27. The molecule has 1 amide bonds. The van der Waals surface area contributed by atoms with E-state index < -0.39 is 0 Å². The smallest absolute Gasteiger partial charge is 0.229 e. The van der Waals surface area contributed by atoms with Gasteiger partial charge in [0.25, 0.3) is 0 Å². The summed E-state index contributed by atoms with van der Waals surface area (Å²) in [6.07, 6.45) is 3.66. The van der Waals surface area contributed by atoms with Crippen molar-refractivity contribution in [3.05, 3.63) is 11.1 Å². The number of amides is 1. The Morgan fingerprint density at radius 2 is 2.41 bits per heavy atom. The first kappa shape index (κ1) is 12.4. The lowest BCUT2D eigenvalue weighted by Crippen LogP contribution is -2.40. The summed E-state index contributed by atoms with van der Waals surface area (Å²) in [5.41, 5.74) is 6.37. The van der Waals surface area contributed by atoms with Gasteiger partial charge >= 0.3 is 0 Å². The predicted octanol–water partition coefficient (Wildman–Crippen LogP) is 2.06. The maximum Gasteiger partial charge on any atom is 0.229 e. The third kappa shape index (κ3) is 2.60. The average Bonchev–Trinajstić information content (AvgIpc) is 2.84. The number of nitrogen functional groups attached to an aromatic ring is 1. The van der Waals surface area contributed by atoms with Gasteiger partial charge < -0.3 is 10.6 Å². The van der Waals surface area contributed by atoms with Crippen molar-refractivity contribution < 1.29 is 4.79 Å². The van der Waals surface area contributed by atoms with E-state index in [1.54, 1.807) is 0 Å². The monoisotopic (exact) mass is 253 g/mol. The molecule has 0 radical (unpaired) electrons. The van der Waals surface area contributed by atoms with E-state index in [-0.39, 0.29) is 5.91 Å². The van der Waals surface area contributed by atoms with Crippen LogP contribution in [0.1, 0.15) is 38.8 Å². The highest BCUT2D eigenvalue weighted by atomic mass is 32.1. The molecule has 2 heterocycles. The Bertz CT molecular complexity index is 404. The number of carbonyl (C=O) groups is 1. The predicted molar refractivity (Wildman–Crippen MR) is 69.9 cm³/mol. The molecular weight excluding hydrogens is 234 g/mol. The lowest BCUT2D eigenvalue weighted by atomic mass is 10.1. The molecule has 1 aromatic rings. The van der Waals surface area contributed by atoms with E-state index in [2.05, 4.69) is 18.8 Å². The maximum absolute atomic E-state index is 12.3. The maximum atomic E-state index is 12.3. The van der Waals surface area contributed by atoms with Gasteiger partial charge in [-0.25, -0.2) is 4.98 Å². The van der Waals surface area contributed by atoms with E-state index in [1.165, 1.54) is 11.3 Å². The van der Waals surface area contributed by atoms with Gasteiger partial charge in [0.2, 0.25) is 5.91 Å². The van der Waals surface area contributed by atoms with Crippen LogP contribution in [0.5, 0.6) is 0 Å². The highest BCUT2D eigenvalue weighted by Gasteiger charge is 2.32. The molecule has 1 aromatic heterocycles. The lowest BCUT2D eigenvalue weighted by molar-refractivity contribution is -0.133. The van der Waals surface area contributed by atoms with Crippen molar-refractivity contribution in [2.75, 3.05) is 5.73 Å². The minimum atomic E-state index is 0.187. The SMILES string of the molecule is CCC1CCC(C)N1C(=O)Cc1csc(N)n1. The van der Waals surface area contributed by atoms with Crippen molar-refractivity contribution in [3.63, 3.8) is 0 Å². The van der Waals surface area contributed by atoms with Crippen molar-refractivity contribution in [1.82, 2.24) is 9.88 Å². The van der Waals surface area contributed by atoms with E-state index in [4.69, 9.17) is 5.73 Å². The van der Waals surface area contributed by atoms with Crippen LogP contribution >= 0.6 is 11.3 Å². The van der Waals surface area contributed by atoms with Gasteiger partial charge in [0.1, 0.15) is 0 Å². The van der Waals surface area contributed by atoms with E-state index in [9.17, 15) is 4.79 Å². The molecule has 2 unspecified atom stereocenters. The number of nitrogens with zero attached hydrogens (tertiary/aromatic N) is 2. The molecule has 1 aliphatic heterocycles. The zero-order chi connectivity index (χ0) is 12.4. The molecule has 17 heavy (non-hydrogen) atoms. The highest BCUT2D eigenvalue weighted by molar-refractivity contribution is 7.13. The Kier molecular flexibility index (Phi) is 3.66. The third-order valence-electron chi connectivity index (χ3n) is 3.45. The zero-order valence-electron chi connectivity index (χ0n) is 10.3. The van der Waals surface area contributed by atoms with Crippen LogP contribution in [0.2, 0.25) is 0 Å². The fraction of sp³-hybridized carbons (Fsp3) is 0.667. The number of carbonyl (C=O) groups excluding carboxylic acids is 1. The van der Waals surface area contributed by atoms with Crippen molar-refractivity contribution in [1.29, 1.82) is 0 Å². The number of nitrogens with two attached hydrogens (primary N) is 1. The van der Waals surface area contributed by atoms with Crippen LogP contribution in [0.15, 0.2) is 5.38 Å². The Morgan fingerprint density at radius 1 is 1.65 bits per heavy atom. The molecule has 94 valence electrons. The van der Waals surface area contributed by atoms with Crippen LogP contribution in [-0.2, 0) is 11.2 Å². The molecular formula is C12H19N3OS. The topological polar surface area (TPSA) is 59.2 Å². The summed E-state index contributed by atoms with van der Waals surface area (Å²) in [5, 5.41) is 2.41. The zero-order valence-corrected chi connectivity index (χ0v) is 11.2. The molecule has 5 heteroatoms. The summed E-state index contributed by atoms with van der Waals surface area (Å²) in [5.74, 6) is 0.187. The summed E-state index contributed by atoms with van der Waals surface area (Å²) in [6.45, 7) is 4.27. The van der Waals surface area contributed by atoms with Crippen molar-refractivity contribution in [2.45, 2.75) is 51.6 Å². The van der Waals surface area contributed by atoms with Gasteiger partial charge in [0, 0.05) is 17.5 Å². The summed E-state index contributed by atoms with van der Waals surface area (Å²) in [4.78, 5) is 18.4. The number of hydrogen-bond acceptors (Lipinski definition) is 4. The standard InChI is InChI=1S/C12H19N3OS/c1-3-10-5-4-8(2)15(10)11(16)6-9-7-17-12(13)14-9/h7-8,10H,3-6H2,1-2H3,(H2,13,14). The second kappa shape index (κ2) is 5.04. The molecule has 4 nitrogen and oxygen atoms in total. The molecule has 1 fully saturated rings. The summed E-state index contributed by atoms with van der Waals surface area (Å²) >= 11 is 1.39. The van der Waals surface area contributed by atoms with Gasteiger partial charge in [-0.1, -0.05) is 6.92 Å². The van der Waals surface area contributed by atoms with E-state index >= 15 is 0 Å². The molecule has 0 aromatic carbocycles. The van der Waals surface area contributed by atoms with Crippen molar-refractivity contribution in [2.24, 2.45) is 0 Å². The molecule has 2 atom stereocenters. The van der Waals surface area contributed by atoms with E-state index in [0.717, 1.165) is 25.0 Å². The molecule has 2 N–H and O–H groups in total. The Morgan fingerprint density at radius 3 is 3.00 bits per heavy atom. The molecule has 1 saturated heterocycles. The number of thiazole rings is 1. The quantitative estimate of drug-likeness (QED) is 0.897. The largest absolute Gasteiger partial charge is 0.375 e. The van der Waals surface area contributed by atoms with Gasteiger partial charge in [-0.05, 0) is 26.2 Å².